The zero-order chi connectivity index (χ0) is 17.7. The molecule has 2 aromatic rings. The van der Waals surface area contributed by atoms with Gasteiger partial charge in [0, 0.05) is 19.7 Å². The second kappa shape index (κ2) is 7.49. The predicted molar refractivity (Wildman–Crippen MR) is 92.5 cm³/mol. The highest BCUT2D eigenvalue weighted by Crippen LogP contribution is 2.26. The van der Waals surface area contributed by atoms with E-state index in [0.717, 1.165) is 10.1 Å². The number of aromatic nitrogens is 2. The van der Waals surface area contributed by atoms with Crippen LogP contribution in [0.3, 0.4) is 0 Å². The van der Waals surface area contributed by atoms with Gasteiger partial charge in [0.15, 0.2) is 11.5 Å². The number of nitrogens with zero attached hydrogens (tertiary/aromatic N) is 3. The average molecular weight is 332 g/mol. The fourth-order valence-electron chi connectivity index (χ4n) is 2.07. The molecule has 1 heterocycles. The van der Waals surface area contributed by atoms with Crippen molar-refractivity contribution in [3.05, 3.63) is 50.7 Å². The molecule has 8 heteroatoms. The lowest BCUT2D eigenvalue weighted by Crippen LogP contribution is -2.34. The summed E-state index contributed by atoms with van der Waals surface area (Å²) in [6.45, 7) is 2.34. The van der Waals surface area contributed by atoms with Gasteiger partial charge in [0.1, 0.15) is 5.82 Å². The Morgan fingerprint density at radius 2 is 1.92 bits per heavy atom. The van der Waals surface area contributed by atoms with Crippen molar-refractivity contribution >= 4 is 12.0 Å². The molecule has 0 radical (unpaired) electrons. The third kappa shape index (κ3) is 3.65. The number of anilines is 1. The third-order valence-corrected chi connectivity index (χ3v) is 3.46. The fraction of sp³-hybridized carbons (Fsp3) is 0.312. The first kappa shape index (κ1) is 17.3. The van der Waals surface area contributed by atoms with Crippen LogP contribution in [-0.4, -0.2) is 36.5 Å². The lowest BCUT2D eigenvalue weighted by molar-refractivity contribution is 0.355. The van der Waals surface area contributed by atoms with Crippen LogP contribution in [0.15, 0.2) is 39.0 Å². The lowest BCUT2D eigenvalue weighted by Gasteiger charge is -2.16. The molecule has 0 saturated heterocycles. The van der Waals surface area contributed by atoms with Gasteiger partial charge in [-0.2, -0.15) is 5.10 Å². The zero-order valence-electron chi connectivity index (χ0n) is 14.1. The van der Waals surface area contributed by atoms with Crippen molar-refractivity contribution in [2.24, 2.45) is 12.1 Å². The Hall–Kier alpha value is -3.03. The molecule has 0 atom stereocenters. The molecular formula is C16H20N4O4. The number of H-pyrrole nitrogens is 1. The van der Waals surface area contributed by atoms with E-state index in [4.69, 9.17) is 9.47 Å². The van der Waals surface area contributed by atoms with Gasteiger partial charge in [-0.1, -0.05) is 0 Å². The van der Waals surface area contributed by atoms with Gasteiger partial charge in [-0.25, -0.2) is 9.80 Å². The second-order valence-electron chi connectivity index (χ2n) is 4.93. The first-order valence-corrected chi connectivity index (χ1v) is 7.34. The number of hydrogen-bond donors (Lipinski definition) is 1. The number of aromatic amines is 1. The minimum atomic E-state index is -0.489. The van der Waals surface area contributed by atoms with Crippen LogP contribution < -0.4 is 25.7 Å². The maximum absolute atomic E-state index is 11.7. The van der Waals surface area contributed by atoms with Gasteiger partial charge in [-0.05, 0) is 30.7 Å². The molecule has 8 nitrogen and oxygen atoms in total. The van der Waals surface area contributed by atoms with E-state index >= 15 is 0 Å². The Balaban J connectivity index is 2.32. The van der Waals surface area contributed by atoms with Crippen molar-refractivity contribution in [3.8, 4) is 11.5 Å². The number of hydrogen-bond acceptors (Lipinski definition) is 6. The van der Waals surface area contributed by atoms with Crippen molar-refractivity contribution in [1.29, 1.82) is 0 Å². The molecule has 0 bridgehead atoms. The largest absolute Gasteiger partial charge is 0.493 e. The van der Waals surface area contributed by atoms with Crippen LogP contribution in [0.25, 0.3) is 0 Å². The molecule has 2 rings (SSSR count). The Labute approximate surface area is 139 Å². The molecule has 24 heavy (non-hydrogen) atoms. The van der Waals surface area contributed by atoms with Crippen LogP contribution in [0.1, 0.15) is 12.5 Å². The summed E-state index contributed by atoms with van der Waals surface area (Å²) in [7, 11) is 4.53. The third-order valence-electron chi connectivity index (χ3n) is 3.46. The van der Waals surface area contributed by atoms with Crippen molar-refractivity contribution in [2.75, 3.05) is 25.8 Å². The molecule has 0 unspecified atom stereocenters. The summed E-state index contributed by atoms with van der Waals surface area (Å²) in [4.78, 5) is 26.1. The summed E-state index contributed by atoms with van der Waals surface area (Å²) in [5.74, 6) is 1.55. The van der Waals surface area contributed by atoms with Crippen LogP contribution >= 0.6 is 0 Å². The minimum Gasteiger partial charge on any atom is -0.493 e. The Bertz CT molecular complexity index is 823. The van der Waals surface area contributed by atoms with Gasteiger partial charge in [0.05, 0.1) is 20.4 Å². The maximum atomic E-state index is 11.7. The summed E-state index contributed by atoms with van der Waals surface area (Å²) >= 11 is 0. The highest BCUT2D eigenvalue weighted by Gasteiger charge is 2.07. The Morgan fingerprint density at radius 1 is 1.21 bits per heavy atom. The van der Waals surface area contributed by atoms with E-state index in [2.05, 4.69) is 10.1 Å². The summed E-state index contributed by atoms with van der Waals surface area (Å²) in [6, 6.07) is 6.71. The van der Waals surface area contributed by atoms with Crippen molar-refractivity contribution < 1.29 is 9.47 Å². The summed E-state index contributed by atoms with van der Waals surface area (Å²) in [5, 5.41) is 5.85. The quantitative estimate of drug-likeness (QED) is 0.628. The van der Waals surface area contributed by atoms with E-state index in [0.29, 0.717) is 23.9 Å². The molecule has 1 N–H and O–H groups in total. The zero-order valence-corrected chi connectivity index (χ0v) is 14.1. The Kier molecular flexibility index (Phi) is 5.41. The first-order chi connectivity index (χ1) is 11.5. The average Bonchev–Trinajstić information content (AvgIpc) is 2.59. The van der Waals surface area contributed by atoms with Crippen LogP contribution in [0.2, 0.25) is 0 Å². The smallest absolute Gasteiger partial charge is 0.329 e. The lowest BCUT2D eigenvalue weighted by atomic mass is 10.2. The second-order valence-corrected chi connectivity index (χ2v) is 4.93. The van der Waals surface area contributed by atoms with E-state index in [-0.39, 0.29) is 0 Å². The summed E-state index contributed by atoms with van der Waals surface area (Å²) in [5.41, 5.74) is -0.0944. The van der Waals surface area contributed by atoms with Gasteiger partial charge in [-0.15, -0.1) is 0 Å². The maximum Gasteiger partial charge on any atom is 0.329 e. The number of ether oxygens (including phenoxy) is 2. The number of benzene rings is 1. The standard InChI is InChI=1S/C16H20N4O4/c1-5-20(14-9-15(21)19(2)16(22)18-14)17-10-11-6-7-12(23-3)13(8-11)24-4/h6-10H,5H2,1-4H3,(H,18,22). The van der Waals surface area contributed by atoms with Crippen molar-refractivity contribution in [1.82, 2.24) is 9.55 Å². The Morgan fingerprint density at radius 3 is 2.50 bits per heavy atom. The normalized spacial score (nSPS) is 10.8. The van der Waals surface area contributed by atoms with Gasteiger partial charge in [0.2, 0.25) is 0 Å². The molecule has 0 saturated carbocycles. The fourth-order valence-corrected chi connectivity index (χ4v) is 2.07. The molecule has 0 spiro atoms. The molecule has 1 aromatic carbocycles. The van der Waals surface area contributed by atoms with Gasteiger partial charge in [-0.3, -0.25) is 14.3 Å². The molecule has 0 amide bonds. The highest BCUT2D eigenvalue weighted by molar-refractivity contribution is 5.81. The first-order valence-electron chi connectivity index (χ1n) is 7.34. The number of hydrazone groups is 1. The minimum absolute atomic E-state index is 0.335. The highest BCUT2D eigenvalue weighted by atomic mass is 16.5. The van der Waals surface area contributed by atoms with E-state index < -0.39 is 11.2 Å². The topological polar surface area (TPSA) is 88.9 Å². The van der Waals surface area contributed by atoms with Crippen molar-refractivity contribution in [3.63, 3.8) is 0 Å². The molecule has 128 valence electrons. The van der Waals surface area contributed by atoms with Gasteiger partial charge in [0.25, 0.3) is 5.56 Å². The number of nitrogens with one attached hydrogen (secondary N) is 1. The molecule has 1 aromatic heterocycles. The summed E-state index contributed by atoms with van der Waals surface area (Å²) in [6.07, 6.45) is 1.61. The number of methoxy groups -OCH3 is 2. The van der Waals surface area contributed by atoms with Gasteiger partial charge >= 0.3 is 5.69 Å². The van der Waals surface area contributed by atoms with Crippen LogP contribution in [0.5, 0.6) is 11.5 Å². The van der Waals surface area contributed by atoms with Crippen molar-refractivity contribution in [2.45, 2.75) is 6.92 Å². The summed E-state index contributed by atoms with van der Waals surface area (Å²) < 4.78 is 11.4. The molecular weight excluding hydrogens is 312 g/mol. The van der Waals surface area contributed by atoms with Crippen LogP contribution in [0.4, 0.5) is 5.82 Å². The van der Waals surface area contributed by atoms with Crippen LogP contribution in [0, 0.1) is 0 Å². The SMILES string of the molecule is CCN(N=Cc1ccc(OC)c(OC)c1)c1cc(=O)n(C)c(=O)[nH]1. The van der Waals surface area contributed by atoms with E-state index in [1.165, 1.54) is 18.1 Å². The predicted octanol–water partition coefficient (Wildman–Crippen LogP) is 0.951. The molecule has 0 fully saturated rings. The molecule has 0 aliphatic heterocycles. The van der Waals surface area contributed by atoms with Gasteiger partial charge < -0.3 is 9.47 Å². The van der Waals surface area contributed by atoms with E-state index in [9.17, 15) is 9.59 Å². The number of rotatable bonds is 6. The van der Waals surface area contributed by atoms with E-state index in [1.54, 1.807) is 32.6 Å². The monoisotopic (exact) mass is 332 g/mol. The molecule has 0 aliphatic carbocycles. The van der Waals surface area contributed by atoms with Crippen LogP contribution in [-0.2, 0) is 7.05 Å². The van der Waals surface area contributed by atoms with E-state index in [1.807, 2.05) is 13.0 Å². The molecule has 0 aliphatic rings.